The van der Waals surface area contributed by atoms with E-state index >= 15 is 0 Å². The van der Waals surface area contributed by atoms with Crippen LogP contribution in [0.3, 0.4) is 0 Å². The molecule has 5 rings (SSSR count). The Morgan fingerprint density at radius 3 is 2.57 bits per heavy atom. The molecule has 1 fully saturated rings. The summed E-state index contributed by atoms with van der Waals surface area (Å²) in [4.78, 5) is 18.5. The van der Waals surface area contributed by atoms with Crippen LogP contribution in [0.15, 0.2) is 77.4 Å². The first-order valence-corrected chi connectivity index (χ1v) is 10.5. The smallest absolute Gasteiger partial charge is 0.227 e. The molecule has 1 saturated heterocycles. The molecule has 2 aromatic carbocycles. The maximum atomic E-state index is 12.7. The van der Waals surface area contributed by atoms with Crippen molar-refractivity contribution in [1.82, 2.24) is 9.88 Å². The van der Waals surface area contributed by atoms with Crippen molar-refractivity contribution in [3.63, 3.8) is 0 Å². The van der Waals surface area contributed by atoms with Gasteiger partial charge in [-0.3, -0.25) is 9.69 Å². The Balaban J connectivity index is 1.17. The lowest BCUT2D eigenvalue weighted by molar-refractivity contribution is -0.121. The molecule has 152 valence electrons. The van der Waals surface area contributed by atoms with Gasteiger partial charge in [-0.2, -0.15) is 0 Å². The van der Waals surface area contributed by atoms with E-state index in [4.69, 9.17) is 4.42 Å². The molecule has 3 heterocycles. The highest BCUT2D eigenvalue weighted by molar-refractivity contribution is 5.93. The lowest BCUT2D eigenvalue weighted by Crippen LogP contribution is -2.37. The monoisotopic (exact) mass is 399 g/mol. The second-order valence-corrected chi connectivity index (χ2v) is 7.97. The van der Waals surface area contributed by atoms with E-state index in [9.17, 15) is 4.79 Å². The molecule has 0 aliphatic carbocycles. The number of furan rings is 1. The Hall–Kier alpha value is -3.31. The topological polar surface area (TPSA) is 61.3 Å². The van der Waals surface area contributed by atoms with Crippen LogP contribution in [0.1, 0.15) is 18.6 Å². The molecular weight excluding hydrogens is 374 g/mol. The van der Waals surface area contributed by atoms with Crippen LogP contribution in [-0.2, 0) is 11.3 Å². The number of aromatic nitrogens is 1. The van der Waals surface area contributed by atoms with Crippen molar-refractivity contribution in [1.29, 1.82) is 0 Å². The van der Waals surface area contributed by atoms with Crippen molar-refractivity contribution in [2.24, 2.45) is 5.92 Å². The number of likely N-dealkylation sites (tertiary alicyclic amines) is 1. The summed E-state index contributed by atoms with van der Waals surface area (Å²) < 4.78 is 5.42. The fourth-order valence-electron chi connectivity index (χ4n) is 4.18. The fraction of sp³-hybridized carbons (Fsp3) is 0.240. The highest BCUT2D eigenvalue weighted by Gasteiger charge is 2.25. The zero-order chi connectivity index (χ0) is 20.3. The first kappa shape index (κ1) is 18.7. The van der Waals surface area contributed by atoms with Gasteiger partial charge in [0, 0.05) is 28.2 Å². The SMILES string of the molecule is O=C(Nc1ccc(-c2cc3ccccc3[nH]2)cc1)C1CCN(Cc2ccco2)CC1. The number of anilines is 1. The van der Waals surface area contributed by atoms with Gasteiger partial charge in [0.2, 0.25) is 5.91 Å². The van der Waals surface area contributed by atoms with E-state index in [-0.39, 0.29) is 11.8 Å². The summed E-state index contributed by atoms with van der Waals surface area (Å²) in [6.45, 7) is 2.65. The highest BCUT2D eigenvalue weighted by atomic mass is 16.3. The first-order chi connectivity index (χ1) is 14.7. The number of H-pyrrole nitrogens is 1. The molecule has 4 aromatic rings. The molecule has 0 bridgehead atoms. The lowest BCUT2D eigenvalue weighted by Gasteiger charge is -2.30. The van der Waals surface area contributed by atoms with E-state index in [0.29, 0.717) is 0 Å². The Morgan fingerprint density at radius 1 is 1.03 bits per heavy atom. The molecule has 0 saturated carbocycles. The second-order valence-electron chi connectivity index (χ2n) is 7.97. The highest BCUT2D eigenvalue weighted by Crippen LogP contribution is 2.26. The number of piperidine rings is 1. The van der Waals surface area contributed by atoms with Gasteiger partial charge in [-0.1, -0.05) is 30.3 Å². The minimum Gasteiger partial charge on any atom is -0.468 e. The fourth-order valence-corrected chi connectivity index (χ4v) is 4.18. The summed E-state index contributed by atoms with van der Waals surface area (Å²) in [5.74, 6) is 1.16. The average Bonchev–Trinajstić information content (AvgIpc) is 3.44. The van der Waals surface area contributed by atoms with Crippen LogP contribution in [-0.4, -0.2) is 28.9 Å². The van der Waals surface area contributed by atoms with Crippen molar-refractivity contribution in [2.45, 2.75) is 19.4 Å². The van der Waals surface area contributed by atoms with E-state index in [1.165, 1.54) is 5.39 Å². The van der Waals surface area contributed by atoms with E-state index in [0.717, 1.165) is 60.7 Å². The van der Waals surface area contributed by atoms with Gasteiger partial charge in [0.15, 0.2) is 0 Å². The number of hydrogen-bond acceptors (Lipinski definition) is 3. The minimum absolute atomic E-state index is 0.0613. The van der Waals surface area contributed by atoms with Crippen LogP contribution >= 0.6 is 0 Å². The molecule has 0 unspecified atom stereocenters. The number of nitrogens with zero attached hydrogens (tertiary/aromatic N) is 1. The summed E-state index contributed by atoms with van der Waals surface area (Å²) in [5.41, 5.74) is 4.16. The molecule has 2 aromatic heterocycles. The predicted molar refractivity (Wildman–Crippen MR) is 119 cm³/mol. The van der Waals surface area contributed by atoms with Crippen molar-refractivity contribution in [3.05, 3.63) is 78.8 Å². The van der Waals surface area contributed by atoms with E-state index in [2.05, 4.69) is 33.4 Å². The normalized spacial score (nSPS) is 15.5. The van der Waals surface area contributed by atoms with Crippen LogP contribution in [0, 0.1) is 5.92 Å². The quantitative estimate of drug-likeness (QED) is 0.480. The van der Waals surface area contributed by atoms with Gasteiger partial charge < -0.3 is 14.7 Å². The molecule has 1 aliphatic rings. The van der Waals surface area contributed by atoms with Crippen LogP contribution in [0.4, 0.5) is 5.69 Å². The first-order valence-electron chi connectivity index (χ1n) is 10.5. The van der Waals surface area contributed by atoms with Crippen LogP contribution in [0.2, 0.25) is 0 Å². The summed E-state index contributed by atoms with van der Waals surface area (Å²) >= 11 is 0. The molecule has 1 amide bonds. The number of hydrogen-bond donors (Lipinski definition) is 2. The Labute approximate surface area is 175 Å². The van der Waals surface area contributed by atoms with Crippen molar-refractivity contribution in [3.8, 4) is 11.3 Å². The molecule has 1 aliphatic heterocycles. The van der Waals surface area contributed by atoms with Gasteiger partial charge >= 0.3 is 0 Å². The van der Waals surface area contributed by atoms with Gasteiger partial charge in [-0.15, -0.1) is 0 Å². The number of aromatic amines is 1. The minimum atomic E-state index is 0.0613. The third-order valence-electron chi connectivity index (χ3n) is 5.91. The van der Waals surface area contributed by atoms with Crippen molar-refractivity contribution >= 4 is 22.5 Å². The number of carbonyl (C=O) groups is 1. The number of rotatable bonds is 5. The van der Waals surface area contributed by atoms with Gasteiger partial charge in [0.1, 0.15) is 5.76 Å². The zero-order valence-corrected chi connectivity index (χ0v) is 16.8. The maximum absolute atomic E-state index is 12.7. The second kappa shape index (κ2) is 8.20. The molecule has 5 nitrogen and oxygen atoms in total. The van der Waals surface area contributed by atoms with Gasteiger partial charge in [-0.25, -0.2) is 0 Å². The summed E-state index contributed by atoms with van der Waals surface area (Å²) in [7, 11) is 0. The van der Waals surface area contributed by atoms with E-state index in [1.807, 2.05) is 48.5 Å². The van der Waals surface area contributed by atoms with Crippen molar-refractivity contribution in [2.75, 3.05) is 18.4 Å². The summed E-state index contributed by atoms with van der Waals surface area (Å²) in [6, 6.07) is 22.4. The Morgan fingerprint density at radius 2 is 1.83 bits per heavy atom. The molecule has 30 heavy (non-hydrogen) atoms. The molecule has 0 radical (unpaired) electrons. The molecule has 0 atom stereocenters. The number of fused-ring (bicyclic) bond motifs is 1. The largest absolute Gasteiger partial charge is 0.468 e. The van der Waals surface area contributed by atoms with Crippen LogP contribution < -0.4 is 5.32 Å². The third-order valence-corrected chi connectivity index (χ3v) is 5.91. The maximum Gasteiger partial charge on any atom is 0.227 e. The van der Waals surface area contributed by atoms with Crippen molar-refractivity contribution < 1.29 is 9.21 Å². The standard InChI is InChI=1S/C25H25N3O2/c29-25(19-11-13-28(14-12-19)17-22-5-3-15-30-22)26-21-9-7-18(8-10-21)24-16-20-4-1-2-6-23(20)27-24/h1-10,15-16,19,27H,11-14,17H2,(H,26,29). The molecule has 0 spiro atoms. The number of carbonyl (C=O) groups excluding carboxylic acids is 1. The van der Waals surface area contributed by atoms with Crippen LogP contribution in [0.25, 0.3) is 22.2 Å². The van der Waals surface area contributed by atoms with Gasteiger partial charge in [0.05, 0.1) is 12.8 Å². The van der Waals surface area contributed by atoms with Gasteiger partial charge in [0.25, 0.3) is 0 Å². The zero-order valence-electron chi connectivity index (χ0n) is 16.8. The van der Waals surface area contributed by atoms with Gasteiger partial charge in [-0.05, 0) is 67.9 Å². The average molecular weight is 399 g/mol. The van der Waals surface area contributed by atoms with E-state index in [1.54, 1.807) is 6.26 Å². The number of para-hydroxylation sites is 1. The van der Waals surface area contributed by atoms with Crippen LogP contribution in [0.5, 0.6) is 0 Å². The molecule has 2 N–H and O–H groups in total. The Kier molecular flexibility index (Phi) is 5.11. The predicted octanol–water partition coefficient (Wildman–Crippen LogP) is 5.28. The summed E-state index contributed by atoms with van der Waals surface area (Å²) in [5, 5.41) is 4.29. The third kappa shape index (κ3) is 4.02. The summed E-state index contributed by atoms with van der Waals surface area (Å²) in [6.07, 6.45) is 3.46. The number of benzene rings is 2. The molecular formula is C25H25N3O2. The molecule has 5 heteroatoms. The lowest BCUT2D eigenvalue weighted by atomic mass is 9.95. The Bertz CT molecular complexity index is 1090. The number of nitrogens with one attached hydrogen (secondary N) is 2. The number of amides is 1. The van der Waals surface area contributed by atoms with E-state index < -0.39 is 0 Å².